The van der Waals surface area contributed by atoms with Gasteiger partial charge in [0.05, 0.1) is 12.1 Å². The normalized spacial score (nSPS) is 14.9. The SMILES string of the molecule is Cc1cccc(Nc2ncccc2C(=O)NCC2COc3ccccc3O2)c1C. The number of ether oxygens (including phenoxy) is 2. The fourth-order valence-corrected chi connectivity index (χ4v) is 3.17. The highest BCUT2D eigenvalue weighted by atomic mass is 16.6. The molecule has 1 aliphatic rings. The van der Waals surface area contributed by atoms with Gasteiger partial charge in [-0.1, -0.05) is 24.3 Å². The van der Waals surface area contributed by atoms with Crippen LogP contribution in [0.2, 0.25) is 0 Å². The Kier molecular flexibility index (Phi) is 5.33. The van der Waals surface area contributed by atoms with Crippen molar-refractivity contribution < 1.29 is 14.3 Å². The number of aryl methyl sites for hydroxylation is 1. The van der Waals surface area contributed by atoms with Crippen LogP contribution in [0.5, 0.6) is 11.5 Å². The molecule has 1 aliphatic heterocycles. The molecule has 1 aromatic heterocycles. The maximum absolute atomic E-state index is 12.8. The number of carbonyl (C=O) groups excluding carboxylic acids is 1. The van der Waals surface area contributed by atoms with E-state index in [0.29, 0.717) is 30.3 Å². The highest BCUT2D eigenvalue weighted by molar-refractivity contribution is 5.99. The van der Waals surface area contributed by atoms with E-state index in [1.54, 1.807) is 18.3 Å². The van der Waals surface area contributed by atoms with E-state index in [1.807, 2.05) is 43.3 Å². The molecule has 4 rings (SSSR count). The summed E-state index contributed by atoms with van der Waals surface area (Å²) >= 11 is 0. The first-order valence-corrected chi connectivity index (χ1v) is 9.57. The van der Waals surface area contributed by atoms with Gasteiger partial charge in [0, 0.05) is 11.9 Å². The monoisotopic (exact) mass is 389 g/mol. The number of nitrogens with zero attached hydrogens (tertiary/aromatic N) is 1. The Morgan fingerprint density at radius 2 is 1.90 bits per heavy atom. The topological polar surface area (TPSA) is 72.5 Å². The predicted molar refractivity (Wildman–Crippen MR) is 112 cm³/mol. The Balaban J connectivity index is 1.44. The number of anilines is 2. The van der Waals surface area contributed by atoms with E-state index in [2.05, 4.69) is 28.6 Å². The number of rotatable bonds is 5. The number of hydrogen-bond donors (Lipinski definition) is 2. The number of fused-ring (bicyclic) bond motifs is 1. The van der Waals surface area contributed by atoms with E-state index < -0.39 is 0 Å². The van der Waals surface area contributed by atoms with Crippen LogP contribution in [0.3, 0.4) is 0 Å². The molecule has 2 heterocycles. The molecular formula is C23H23N3O3. The van der Waals surface area contributed by atoms with E-state index in [1.165, 1.54) is 5.56 Å². The van der Waals surface area contributed by atoms with E-state index in [0.717, 1.165) is 17.0 Å². The van der Waals surface area contributed by atoms with Gasteiger partial charge in [0.25, 0.3) is 5.91 Å². The average molecular weight is 389 g/mol. The number of benzene rings is 2. The van der Waals surface area contributed by atoms with Crippen LogP contribution in [0.15, 0.2) is 60.8 Å². The molecule has 1 atom stereocenters. The summed E-state index contributed by atoms with van der Waals surface area (Å²) in [7, 11) is 0. The molecule has 0 bridgehead atoms. The van der Waals surface area contributed by atoms with E-state index >= 15 is 0 Å². The number of hydrogen-bond acceptors (Lipinski definition) is 5. The average Bonchev–Trinajstić information content (AvgIpc) is 2.75. The Bertz CT molecular complexity index is 1040. The second-order valence-corrected chi connectivity index (χ2v) is 6.98. The molecule has 148 valence electrons. The third-order valence-electron chi connectivity index (χ3n) is 4.97. The molecule has 0 radical (unpaired) electrons. The Labute approximate surface area is 169 Å². The van der Waals surface area contributed by atoms with E-state index in [9.17, 15) is 4.79 Å². The Morgan fingerprint density at radius 3 is 2.76 bits per heavy atom. The van der Waals surface area contributed by atoms with Crippen LogP contribution in [0.25, 0.3) is 0 Å². The lowest BCUT2D eigenvalue weighted by atomic mass is 10.1. The van der Waals surface area contributed by atoms with E-state index in [4.69, 9.17) is 9.47 Å². The molecule has 0 saturated carbocycles. The molecular weight excluding hydrogens is 366 g/mol. The van der Waals surface area contributed by atoms with Crippen LogP contribution in [-0.4, -0.2) is 30.1 Å². The molecule has 1 amide bonds. The minimum absolute atomic E-state index is 0.214. The van der Waals surface area contributed by atoms with Crippen molar-refractivity contribution in [1.82, 2.24) is 10.3 Å². The molecule has 0 aliphatic carbocycles. The van der Waals surface area contributed by atoms with Crippen molar-refractivity contribution in [3.05, 3.63) is 77.5 Å². The first-order valence-electron chi connectivity index (χ1n) is 9.57. The zero-order valence-electron chi connectivity index (χ0n) is 16.4. The summed E-state index contributed by atoms with van der Waals surface area (Å²) in [4.78, 5) is 17.2. The number of nitrogens with one attached hydrogen (secondary N) is 2. The van der Waals surface area contributed by atoms with Gasteiger partial charge in [-0.25, -0.2) is 4.98 Å². The standard InChI is InChI=1S/C23H23N3O3/c1-15-7-5-9-19(16(15)2)26-22-18(8-6-12-24-22)23(27)25-13-17-14-28-20-10-3-4-11-21(20)29-17/h3-12,17H,13-14H2,1-2H3,(H,24,26)(H,25,27). The van der Waals surface area contributed by atoms with Gasteiger partial charge in [0.15, 0.2) is 11.5 Å². The smallest absolute Gasteiger partial charge is 0.255 e. The van der Waals surface area contributed by atoms with Crippen LogP contribution in [0, 0.1) is 13.8 Å². The molecule has 0 spiro atoms. The summed E-state index contributed by atoms with van der Waals surface area (Å²) in [5.74, 6) is 1.72. The quantitative estimate of drug-likeness (QED) is 0.690. The maximum atomic E-state index is 12.8. The zero-order valence-corrected chi connectivity index (χ0v) is 16.4. The van der Waals surface area contributed by atoms with Crippen molar-refractivity contribution in [1.29, 1.82) is 0 Å². The molecule has 2 N–H and O–H groups in total. The Hall–Kier alpha value is -3.54. The summed E-state index contributed by atoms with van der Waals surface area (Å²) in [6, 6.07) is 17.0. The molecule has 6 nitrogen and oxygen atoms in total. The van der Waals surface area contributed by atoms with Crippen molar-refractivity contribution in [2.45, 2.75) is 20.0 Å². The lowest BCUT2D eigenvalue weighted by Gasteiger charge is -2.26. The number of para-hydroxylation sites is 2. The molecule has 3 aromatic rings. The van der Waals surface area contributed by atoms with Crippen molar-refractivity contribution in [3.63, 3.8) is 0 Å². The first-order chi connectivity index (χ1) is 14.1. The molecule has 2 aromatic carbocycles. The van der Waals surface area contributed by atoms with Crippen LogP contribution in [-0.2, 0) is 0 Å². The van der Waals surface area contributed by atoms with Crippen molar-refractivity contribution in [2.24, 2.45) is 0 Å². The number of pyridine rings is 1. The summed E-state index contributed by atoms with van der Waals surface area (Å²) in [5, 5.41) is 6.21. The second kappa shape index (κ2) is 8.22. The van der Waals surface area contributed by atoms with Crippen LogP contribution < -0.4 is 20.1 Å². The minimum atomic E-state index is -0.249. The minimum Gasteiger partial charge on any atom is -0.486 e. The molecule has 0 saturated heterocycles. The number of carbonyl (C=O) groups is 1. The van der Waals surface area contributed by atoms with Gasteiger partial charge in [-0.05, 0) is 55.3 Å². The van der Waals surface area contributed by atoms with Gasteiger partial charge in [-0.3, -0.25) is 4.79 Å². The van der Waals surface area contributed by atoms with Gasteiger partial charge >= 0.3 is 0 Å². The van der Waals surface area contributed by atoms with Crippen molar-refractivity contribution in [2.75, 3.05) is 18.5 Å². The lowest BCUT2D eigenvalue weighted by molar-refractivity contribution is 0.0789. The number of amides is 1. The van der Waals surface area contributed by atoms with E-state index in [-0.39, 0.29) is 12.0 Å². The van der Waals surface area contributed by atoms with Gasteiger partial charge in [0.2, 0.25) is 0 Å². The molecule has 29 heavy (non-hydrogen) atoms. The maximum Gasteiger partial charge on any atom is 0.255 e. The fraction of sp³-hybridized carbons (Fsp3) is 0.217. The van der Waals surface area contributed by atoms with Crippen LogP contribution >= 0.6 is 0 Å². The van der Waals surface area contributed by atoms with Gasteiger partial charge in [-0.15, -0.1) is 0 Å². The first kappa shape index (κ1) is 18.8. The third-order valence-corrected chi connectivity index (χ3v) is 4.97. The molecule has 1 unspecified atom stereocenters. The summed E-state index contributed by atoms with van der Waals surface area (Å²) in [6.07, 6.45) is 1.42. The summed E-state index contributed by atoms with van der Waals surface area (Å²) in [6.45, 7) is 4.82. The van der Waals surface area contributed by atoms with Crippen LogP contribution in [0.1, 0.15) is 21.5 Å². The van der Waals surface area contributed by atoms with Gasteiger partial charge < -0.3 is 20.1 Å². The molecule has 6 heteroatoms. The largest absolute Gasteiger partial charge is 0.486 e. The summed E-state index contributed by atoms with van der Waals surface area (Å²) < 4.78 is 11.6. The van der Waals surface area contributed by atoms with Gasteiger partial charge in [-0.2, -0.15) is 0 Å². The zero-order chi connectivity index (χ0) is 20.2. The number of aromatic nitrogens is 1. The van der Waals surface area contributed by atoms with Crippen molar-refractivity contribution >= 4 is 17.4 Å². The molecule has 0 fully saturated rings. The third kappa shape index (κ3) is 4.16. The van der Waals surface area contributed by atoms with Crippen molar-refractivity contribution in [3.8, 4) is 11.5 Å². The predicted octanol–water partition coefficient (Wildman–Crippen LogP) is 4.01. The van der Waals surface area contributed by atoms with Crippen LogP contribution in [0.4, 0.5) is 11.5 Å². The fourth-order valence-electron chi connectivity index (χ4n) is 3.17. The highest BCUT2D eigenvalue weighted by Gasteiger charge is 2.22. The Morgan fingerprint density at radius 1 is 1.07 bits per heavy atom. The summed E-state index contributed by atoms with van der Waals surface area (Å²) in [5.41, 5.74) is 3.70. The second-order valence-electron chi connectivity index (χ2n) is 6.98. The lowest BCUT2D eigenvalue weighted by Crippen LogP contribution is -2.40. The van der Waals surface area contributed by atoms with Gasteiger partial charge in [0.1, 0.15) is 18.5 Å². The highest BCUT2D eigenvalue weighted by Crippen LogP contribution is 2.30.